The molecule has 0 aromatic heterocycles. The number of nitrogens with one attached hydrogen (secondary N) is 1. The molecule has 0 radical (unpaired) electrons. The van der Waals surface area contributed by atoms with Gasteiger partial charge >= 0.3 is 6.18 Å². The van der Waals surface area contributed by atoms with E-state index >= 15 is 0 Å². The van der Waals surface area contributed by atoms with Crippen LogP contribution in [0.15, 0.2) is 24.3 Å². The Balaban J connectivity index is 2.83. The van der Waals surface area contributed by atoms with Crippen LogP contribution in [0.5, 0.6) is 0 Å². The smallest absolute Gasteiger partial charge is 0.360 e. The first kappa shape index (κ1) is 16.0. The van der Waals surface area contributed by atoms with Crippen LogP contribution in [-0.4, -0.2) is 25.4 Å². The molecule has 1 aromatic carbocycles. The molecule has 5 heteroatoms. The number of alkyl halides is 3. The molecule has 0 amide bonds. The van der Waals surface area contributed by atoms with E-state index in [1.165, 1.54) is 0 Å². The van der Waals surface area contributed by atoms with Crippen LogP contribution < -0.4 is 5.32 Å². The van der Waals surface area contributed by atoms with Gasteiger partial charge in [-0.1, -0.05) is 36.8 Å². The van der Waals surface area contributed by atoms with E-state index in [2.05, 4.69) is 5.32 Å². The lowest BCUT2D eigenvalue weighted by atomic mass is 10.1. The van der Waals surface area contributed by atoms with E-state index < -0.39 is 18.4 Å². The Morgan fingerprint density at radius 2 is 2.00 bits per heavy atom. The average molecular weight is 275 g/mol. The van der Waals surface area contributed by atoms with Crippen molar-refractivity contribution in [1.82, 2.24) is 5.32 Å². The molecule has 0 spiro atoms. The molecule has 19 heavy (non-hydrogen) atoms. The number of hydrogen-bond donors (Lipinski definition) is 1. The lowest BCUT2D eigenvalue weighted by Crippen LogP contribution is -2.33. The van der Waals surface area contributed by atoms with E-state index in [9.17, 15) is 13.2 Å². The van der Waals surface area contributed by atoms with E-state index in [0.717, 1.165) is 18.1 Å². The van der Waals surface area contributed by atoms with Crippen molar-refractivity contribution in [2.24, 2.45) is 0 Å². The molecule has 0 fully saturated rings. The van der Waals surface area contributed by atoms with Crippen molar-refractivity contribution in [3.05, 3.63) is 35.4 Å². The van der Waals surface area contributed by atoms with Gasteiger partial charge in [0.15, 0.2) is 6.10 Å². The first-order chi connectivity index (χ1) is 8.84. The predicted octanol–water partition coefficient (Wildman–Crippen LogP) is 3.61. The zero-order valence-corrected chi connectivity index (χ0v) is 11.4. The molecule has 0 bridgehead atoms. The highest BCUT2D eigenvalue weighted by Gasteiger charge is 2.38. The van der Waals surface area contributed by atoms with Crippen molar-refractivity contribution in [1.29, 1.82) is 0 Å². The van der Waals surface area contributed by atoms with E-state index in [4.69, 9.17) is 4.74 Å². The summed E-state index contributed by atoms with van der Waals surface area (Å²) in [6.07, 6.45) is -6.72. The maximum Gasteiger partial charge on any atom is 0.414 e. The number of likely N-dealkylation sites (N-methyl/N-ethyl adjacent to an activating group) is 1. The monoisotopic (exact) mass is 275 g/mol. The normalized spacial score (nSPS) is 15.3. The summed E-state index contributed by atoms with van der Waals surface area (Å²) in [4.78, 5) is 0. The molecular weight excluding hydrogens is 255 g/mol. The molecule has 1 rings (SSSR count). The summed E-state index contributed by atoms with van der Waals surface area (Å²) in [6, 6.07) is 7.37. The third-order valence-electron chi connectivity index (χ3n) is 2.82. The summed E-state index contributed by atoms with van der Waals surface area (Å²) in [5.41, 5.74) is 1.76. The van der Waals surface area contributed by atoms with Crippen LogP contribution in [0.25, 0.3) is 0 Å². The second-order valence-corrected chi connectivity index (χ2v) is 4.53. The number of ether oxygens (including phenoxy) is 1. The van der Waals surface area contributed by atoms with Crippen LogP contribution in [0.4, 0.5) is 13.2 Å². The molecular formula is C14H20F3NO. The third kappa shape index (κ3) is 5.20. The number of benzene rings is 1. The highest BCUT2D eigenvalue weighted by Crippen LogP contribution is 2.28. The zero-order valence-electron chi connectivity index (χ0n) is 11.4. The van der Waals surface area contributed by atoms with Crippen molar-refractivity contribution in [3.63, 3.8) is 0 Å². The molecule has 2 atom stereocenters. The van der Waals surface area contributed by atoms with Crippen LogP contribution in [0.1, 0.15) is 31.1 Å². The summed E-state index contributed by atoms with van der Waals surface area (Å²) < 4.78 is 42.9. The van der Waals surface area contributed by atoms with Gasteiger partial charge in [0.25, 0.3) is 0 Å². The molecule has 0 saturated heterocycles. The highest BCUT2D eigenvalue weighted by molar-refractivity contribution is 5.24. The Bertz CT molecular complexity index is 393. The minimum Gasteiger partial charge on any atom is -0.360 e. The van der Waals surface area contributed by atoms with E-state index in [1.54, 1.807) is 6.07 Å². The molecule has 108 valence electrons. The summed E-state index contributed by atoms with van der Waals surface area (Å²) in [6.45, 7) is 5.89. The topological polar surface area (TPSA) is 21.3 Å². The fraction of sp³-hybridized carbons (Fsp3) is 0.571. The Kier molecular flexibility index (Phi) is 5.82. The molecule has 0 aliphatic heterocycles. The number of hydrogen-bond acceptors (Lipinski definition) is 2. The van der Waals surface area contributed by atoms with E-state index in [1.807, 2.05) is 32.0 Å². The standard InChI is InChI=1S/C14H20F3NO/c1-4-18-9-13(19-11(3)14(15,16)17)12-7-5-6-10(2)8-12/h5-8,11,13,18H,4,9H2,1-3H3. The van der Waals surface area contributed by atoms with Crippen LogP contribution in [0.3, 0.4) is 0 Å². The summed E-state index contributed by atoms with van der Waals surface area (Å²) >= 11 is 0. The SMILES string of the molecule is CCNCC(OC(C)C(F)(F)F)c1cccc(C)c1. The van der Waals surface area contributed by atoms with Gasteiger partial charge in [0.2, 0.25) is 0 Å². The van der Waals surface area contributed by atoms with Gasteiger partial charge in [0.05, 0.1) is 6.10 Å². The van der Waals surface area contributed by atoms with Crippen LogP contribution in [0, 0.1) is 6.92 Å². The average Bonchev–Trinajstić information content (AvgIpc) is 2.33. The van der Waals surface area contributed by atoms with E-state index in [0.29, 0.717) is 13.1 Å². The number of halogens is 3. The van der Waals surface area contributed by atoms with E-state index in [-0.39, 0.29) is 0 Å². The molecule has 2 unspecified atom stereocenters. The Labute approximate surface area is 112 Å². The second-order valence-electron chi connectivity index (χ2n) is 4.53. The fourth-order valence-electron chi connectivity index (χ4n) is 1.71. The minimum absolute atomic E-state index is 0.361. The molecule has 0 heterocycles. The first-order valence-electron chi connectivity index (χ1n) is 6.34. The summed E-state index contributed by atoms with van der Waals surface area (Å²) in [5.74, 6) is 0. The van der Waals surface area contributed by atoms with Gasteiger partial charge in [-0.05, 0) is 26.0 Å². The Hall–Kier alpha value is -1.07. The van der Waals surface area contributed by atoms with Crippen molar-refractivity contribution in [2.45, 2.75) is 39.2 Å². The lowest BCUT2D eigenvalue weighted by molar-refractivity contribution is -0.227. The lowest BCUT2D eigenvalue weighted by Gasteiger charge is -2.25. The van der Waals surface area contributed by atoms with Gasteiger partial charge in [-0.3, -0.25) is 0 Å². The van der Waals surface area contributed by atoms with Gasteiger partial charge in [-0.15, -0.1) is 0 Å². The maximum absolute atomic E-state index is 12.6. The van der Waals surface area contributed by atoms with Gasteiger partial charge in [-0.25, -0.2) is 0 Å². The third-order valence-corrected chi connectivity index (χ3v) is 2.82. The molecule has 1 N–H and O–H groups in total. The van der Waals surface area contributed by atoms with Crippen molar-refractivity contribution < 1.29 is 17.9 Å². The highest BCUT2D eigenvalue weighted by atomic mass is 19.4. The minimum atomic E-state index is -4.34. The van der Waals surface area contributed by atoms with Crippen LogP contribution >= 0.6 is 0 Å². The maximum atomic E-state index is 12.6. The molecule has 0 aliphatic carbocycles. The predicted molar refractivity (Wildman–Crippen MR) is 69.1 cm³/mol. The molecule has 0 saturated carbocycles. The molecule has 2 nitrogen and oxygen atoms in total. The summed E-state index contributed by atoms with van der Waals surface area (Å²) in [7, 11) is 0. The van der Waals surface area contributed by atoms with Gasteiger partial charge in [0.1, 0.15) is 0 Å². The van der Waals surface area contributed by atoms with Crippen LogP contribution in [-0.2, 0) is 4.74 Å². The molecule has 0 aliphatic rings. The zero-order chi connectivity index (χ0) is 14.5. The first-order valence-corrected chi connectivity index (χ1v) is 6.34. The van der Waals surface area contributed by atoms with Gasteiger partial charge in [-0.2, -0.15) is 13.2 Å². The van der Waals surface area contributed by atoms with Crippen LogP contribution in [0.2, 0.25) is 0 Å². The number of rotatable bonds is 6. The Morgan fingerprint density at radius 1 is 1.32 bits per heavy atom. The van der Waals surface area contributed by atoms with Crippen molar-refractivity contribution in [3.8, 4) is 0 Å². The molecule has 1 aromatic rings. The summed E-state index contributed by atoms with van der Waals surface area (Å²) in [5, 5.41) is 3.03. The number of aryl methyl sites for hydroxylation is 1. The largest absolute Gasteiger partial charge is 0.414 e. The second kappa shape index (κ2) is 6.91. The van der Waals surface area contributed by atoms with Gasteiger partial charge < -0.3 is 10.1 Å². The Morgan fingerprint density at radius 3 is 2.53 bits per heavy atom. The van der Waals surface area contributed by atoms with Crippen molar-refractivity contribution in [2.75, 3.05) is 13.1 Å². The quantitative estimate of drug-likeness (QED) is 0.856. The fourth-order valence-corrected chi connectivity index (χ4v) is 1.71. The van der Waals surface area contributed by atoms with Gasteiger partial charge in [0, 0.05) is 6.54 Å². The van der Waals surface area contributed by atoms with Crippen molar-refractivity contribution >= 4 is 0 Å².